The topological polar surface area (TPSA) is 87.7 Å². The van der Waals surface area contributed by atoms with Crippen LogP contribution in [0.2, 0.25) is 0 Å². The van der Waals surface area contributed by atoms with Crippen molar-refractivity contribution in [3.8, 4) is 5.75 Å². The van der Waals surface area contributed by atoms with Gasteiger partial charge in [0.25, 0.3) is 5.91 Å². The summed E-state index contributed by atoms with van der Waals surface area (Å²) in [4.78, 5) is 24.0. The highest BCUT2D eigenvalue weighted by Crippen LogP contribution is 2.36. The molecule has 0 aromatic heterocycles. The van der Waals surface area contributed by atoms with Crippen LogP contribution in [0, 0.1) is 6.92 Å². The predicted molar refractivity (Wildman–Crippen MR) is 120 cm³/mol. The molecule has 0 fully saturated rings. The lowest BCUT2D eigenvalue weighted by Gasteiger charge is -2.15. The Labute approximate surface area is 181 Å². The number of carbonyl (C=O) groups is 2. The molecule has 0 aliphatic rings. The number of ether oxygens (including phenoxy) is 1. The van der Waals surface area contributed by atoms with Crippen LogP contribution in [0.1, 0.15) is 26.3 Å². The Hall–Kier alpha value is -2.97. The number of aryl methyl sites for hydroxylation is 1. The smallest absolute Gasteiger partial charge is 0.335 e. The van der Waals surface area contributed by atoms with Gasteiger partial charge in [0.1, 0.15) is 5.75 Å². The van der Waals surface area contributed by atoms with E-state index in [4.69, 9.17) is 22.1 Å². The first-order valence-corrected chi connectivity index (χ1v) is 9.73. The lowest BCUT2D eigenvalue weighted by Crippen LogP contribution is -2.34. The summed E-state index contributed by atoms with van der Waals surface area (Å²) in [5.74, 6) is -1.10. The van der Waals surface area contributed by atoms with Crippen molar-refractivity contribution >= 4 is 61.6 Å². The fourth-order valence-electron chi connectivity index (χ4n) is 2.87. The summed E-state index contributed by atoms with van der Waals surface area (Å²) in [6.45, 7) is 1.81. The Balaban J connectivity index is 1.86. The first-order valence-electron chi connectivity index (χ1n) is 8.53. The van der Waals surface area contributed by atoms with Crippen LogP contribution in [0.25, 0.3) is 10.8 Å². The van der Waals surface area contributed by atoms with Gasteiger partial charge in [0, 0.05) is 5.69 Å². The average Bonchev–Trinajstić information content (AvgIpc) is 2.69. The first kappa shape index (κ1) is 20.8. The van der Waals surface area contributed by atoms with E-state index in [2.05, 4.69) is 26.6 Å². The lowest BCUT2D eigenvalue weighted by molar-refractivity contribution is 0.0696. The number of thiocarbonyl (C=S) groups is 1. The van der Waals surface area contributed by atoms with Gasteiger partial charge in [-0.15, -0.1) is 0 Å². The van der Waals surface area contributed by atoms with E-state index in [1.165, 1.54) is 19.2 Å². The van der Waals surface area contributed by atoms with Gasteiger partial charge in [-0.3, -0.25) is 10.1 Å². The fourth-order valence-corrected chi connectivity index (χ4v) is 3.81. The van der Waals surface area contributed by atoms with Crippen molar-refractivity contribution in [2.24, 2.45) is 0 Å². The summed E-state index contributed by atoms with van der Waals surface area (Å²) in [5.41, 5.74) is 1.73. The number of aromatic carboxylic acids is 1. The highest BCUT2D eigenvalue weighted by atomic mass is 79.9. The molecule has 29 heavy (non-hydrogen) atoms. The SMILES string of the molecule is COc1c(C(=O)NC(=S)Nc2cc(C(=O)O)ccc2C)cc2ccccc2c1Br. The number of benzene rings is 3. The number of nitrogens with one attached hydrogen (secondary N) is 2. The Morgan fingerprint density at radius 2 is 1.86 bits per heavy atom. The zero-order valence-electron chi connectivity index (χ0n) is 15.6. The predicted octanol–water partition coefficient (Wildman–Crippen LogP) is 4.74. The molecule has 0 spiro atoms. The van der Waals surface area contributed by atoms with Gasteiger partial charge in [-0.25, -0.2) is 4.79 Å². The van der Waals surface area contributed by atoms with Crippen LogP contribution in [0.3, 0.4) is 0 Å². The zero-order chi connectivity index (χ0) is 21.1. The molecule has 1 amide bonds. The van der Waals surface area contributed by atoms with Gasteiger partial charge in [0.05, 0.1) is 22.7 Å². The van der Waals surface area contributed by atoms with E-state index in [9.17, 15) is 9.59 Å². The van der Waals surface area contributed by atoms with Crippen molar-refractivity contribution in [3.05, 3.63) is 69.7 Å². The average molecular weight is 473 g/mol. The molecule has 0 aliphatic carbocycles. The molecule has 0 saturated carbocycles. The van der Waals surface area contributed by atoms with Gasteiger partial charge in [-0.2, -0.15) is 0 Å². The number of anilines is 1. The van der Waals surface area contributed by atoms with E-state index < -0.39 is 11.9 Å². The molecule has 3 aromatic carbocycles. The van der Waals surface area contributed by atoms with Crippen LogP contribution in [0.15, 0.2) is 53.0 Å². The van der Waals surface area contributed by atoms with Crippen LogP contribution >= 0.6 is 28.1 Å². The lowest BCUT2D eigenvalue weighted by atomic mass is 10.1. The van der Waals surface area contributed by atoms with E-state index in [-0.39, 0.29) is 10.7 Å². The number of hydrogen-bond donors (Lipinski definition) is 3. The highest BCUT2D eigenvalue weighted by Gasteiger charge is 2.19. The Kier molecular flexibility index (Phi) is 6.14. The Morgan fingerprint density at radius 1 is 1.14 bits per heavy atom. The van der Waals surface area contributed by atoms with Gasteiger partial charge in [-0.05, 0) is 69.6 Å². The number of carbonyl (C=O) groups excluding carboxylic acids is 1. The highest BCUT2D eigenvalue weighted by molar-refractivity contribution is 9.10. The molecule has 0 saturated heterocycles. The monoisotopic (exact) mass is 472 g/mol. The third kappa shape index (κ3) is 4.38. The van der Waals surface area contributed by atoms with Crippen LogP contribution < -0.4 is 15.4 Å². The molecular formula is C21H17BrN2O4S. The fraction of sp³-hybridized carbons (Fsp3) is 0.0952. The second-order valence-corrected chi connectivity index (χ2v) is 7.44. The van der Waals surface area contributed by atoms with E-state index in [0.717, 1.165) is 16.3 Å². The van der Waals surface area contributed by atoms with Crippen molar-refractivity contribution in [3.63, 3.8) is 0 Å². The number of amides is 1. The van der Waals surface area contributed by atoms with E-state index in [1.54, 1.807) is 12.1 Å². The molecular weight excluding hydrogens is 456 g/mol. The standard InChI is InChI=1S/C21H17BrN2O4S/c1-11-7-8-13(20(26)27)10-16(11)23-21(29)24-19(25)15-9-12-5-3-4-6-14(12)17(22)18(15)28-2/h3-10H,1-2H3,(H,26,27)(H2,23,24,25,29). The van der Waals surface area contributed by atoms with Gasteiger partial charge >= 0.3 is 5.97 Å². The molecule has 0 radical (unpaired) electrons. The quantitative estimate of drug-likeness (QED) is 0.475. The maximum Gasteiger partial charge on any atom is 0.335 e. The van der Waals surface area contributed by atoms with Crippen molar-refractivity contribution in [2.75, 3.05) is 12.4 Å². The molecule has 6 nitrogen and oxygen atoms in total. The molecule has 8 heteroatoms. The summed E-state index contributed by atoms with van der Waals surface area (Å²) < 4.78 is 6.10. The maximum atomic E-state index is 12.8. The third-order valence-electron chi connectivity index (χ3n) is 4.35. The number of fused-ring (bicyclic) bond motifs is 1. The van der Waals surface area contributed by atoms with Gasteiger partial charge < -0.3 is 15.2 Å². The molecule has 3 rings (SSSR count). The number of hydrogen-bond acceptors (Lipinski definition) is 4. The molecule has 0 bridgehead atoms. The summed E-state index contributed by atoms with van der Waals surface area (Å²) in [5, 5.41) is 16.5. The summed E-state index contributed by atoms with van der Waals surface area (Å²) in [7, 11) is 1.49. The molecule has 3 N–H and O–H groups in total. The molecule has 0 aliphatic heterocycles. The summed E-state index contributed by atoms with van der Waals surface area (Å²) in [6.07, 6.45) is 0. The van der Waals surface area contributed by atoms with Crippen LogP contribution in [-0.4, -0.2) is 29.2 Å². The van der Waals surface area contributed by atoms with E-state index in [1.807, 2.05) is 31.2 Å². The number of rotatable bonds is 4. The minimum absolute atomic E-state index is 0.0481. The number of methoxy groups -OCH3 is 1. The normalized spacial score (nSPS) is 10.4. The van der Waals surface area contributed by atoms with Crippen LogP contribution in [-0.2, 0) is 0 Å². The van der Waals surface area contributed by atoms with Crippen molar-refractivity contribution in [1.82, 2.24) is 5.32 Å². The van der Waals surface area contributed by atoms with Crippen LogP contribution in [0.4, 0.5) is 5.69 Å². The molecule has 0 heterocycles. The number of carboxylic acid groups (broad SMARTS) is 1. The third-order valence-corrected chi connectivity index (χ3v) is 5.34. The van der Waals surface area contributed by atoms with Crippen molar-refractivity contribution < 1.29 is 19.4 Å². The molecule has 3 aromatic rings. The maximum absolute atomic E-state index is 12.8. The summed E-state index contributed by atoms with van der Waals surface area (Å²) >= 11 is 8.75. The van der Waals surface area contributed by atoms with E-state index >= 15 is 0 Å². The van der Waals surface area contributed by atoms with Crippen LogP contribution in [0.5, 0.6) is 5.75 Å². The second kappa shape index (κ2) is 8.59. The Bertz CT molecular complexity index is 1150. The molecule has 0 atom stereocenters. The number of carboxylic acids is 1. The van der Waals surface area contributed by atoms with E-state index in [0.29, 0.717) is 21.5 Å². The molecule has 0 unspecified atom stereocenters. The number of halogens is 1. The minimum Gasteiger partial charge on any atom is -0.495 e. The van der Waals surface area contributed by atoms with Crippen molar-refractivity contribution in [2.45, 2.75) is 6.92 Å². The Morgan fingerprint density at radius 3 is 2.55 bits per heavy atom. The zero-order valence-corrected chi connectivity index (χ0v) is 18.0. The van der Waals surface area contributed by atoms with Crippen molar-refractivity contribution in [1.29, 1.82) is 0 Å². The molecule has 148 valence electrons. The van der Waals surface area contributed by atoms with Gasteiger partial charge in [0.15, 0.2) is 5.11 Å². The van der Waals surface area contributed by atoms with Gasteiger partial charge in [-0.1, -0.05) is 30.3 Å². The first-order chi connectivity index (χ1) is 13.8. The van der Waals surface area contributed by atoms with Gasteiger partial charge in [0.2, 0.25) is 0 Å². The largest absolute Gasteiger partial charge is 0.495 e. The minimum atomic E-state index is -1.05. The summed E-state index contributed by atoms with van der Waals surface area (Å²) in [6, 6.07) is 14.0. The second-order valence-electron chi connectivity index (χ2n) is 6.24.